The summed E-state index contributed by atoms with van der Waals surface area (Å²) < 4.78 is 38.8. The van der Waals surface area contributed by atoms with Gasteiger partial charge in [-0.05, 0) is 48.7 Å². The van der Waals surface area contributed by atoms with Gasteiger partial charge < -0.3 is 5.32 Å². The molecule has 1 N–H and O–H groups in total. The molecule has 2 amide bonds. The molecular weight excluding hydrogens is 357 g/mol. The van der Waals surface area contributed by atoms with Crippen LogP contribution in [0.5, 0.6) is 0 Å². The molecule has 2 aromatic carbocycles. The Morgan fingerprint density at radius 2 is 1.63 bits per heavy atom. The number of nitrogens with one attached hydrogen (secondary N) is 1. The molecule has 0 aliphatic carbocycles. The number of benzene rings is 2. The van der Waals surface area contributed by atoms with Gasteiger partial charge in [-0.2, -0.15) is 13.2 Å². The zero-order valence-electron chi connectivity index (χ0n) is 14.9. The molecular formula is C20H17F3N2O2. The van der Waals surface area contributed by atoms with Crippen LogP contribution in [0.2, 0.25) is 0 Å². The predicted molar refractivity (Wildman–Crippen MR) is 95.7 cm³/mol. The van der Waals surface area contributed by atoms with Crippen molar-refractivity contribution in [3.8, 4) is 0 Å². The van der Waals surface area contributed by atoms with Crippen LogP contribution in [0.25, 0.3) is 5.57 Å². The van der Waals surface area contributed by atoms with Gasteiger partial charge in [0.25, 0.3) is 11.8 Å². The van der Waals surface area contributed by atoms with Crippen molar-refractivity contribution in [2.24, 2.45) is 0 Å². The number of rotatable bonds is 3. The molecule has 0 radical (unpaired) electrons. The van der Waals surface area contributed by atoms with E-state index in [0.717, 1.165) is 28.2 Å². The minimum atomic E-state index is -4.50. The Kier molecular flexibility index (Phi) is 4.55. The van der Waals surface area contributed by atoms with E-state index in [2.05, 4.69) is 5.32 Å². The van der Waals surface area contributed by atoms with E-state index in [0.29, 0.717) is 5.56 Å². The molecule has 1 aliphatic rings. The lowest BCUT2D eigenvalue weighted by Crippen LogP contribution is -2.27. The van der Waals surface area contributed by atoms with Crippen LogP contribution in [0.4, 0.5) is 18.9 Å². The predicted octanol–water partition coefficient (Wildman–Crippen LogP) is 4.14. The lowest BCUT2D eigenvalue weighted by molar-refractivity contribution is -0.137. The van der Waals surface area contributed by atoms with Crippen LogP contribution in [-0.4, -0.2) is 23.8 Å². The Morgan fingerprint density at radius 3 is 2.26 bits per heavy atom. The second-order valence-electron chi connectivity index (χ2n) is 6.42. The Labute approximate surface area is 154 Å². The summed E-state index contributed by atoms with van der Waals surface area (Å²) in [5.41, 5.74) is 1.84. The summed E-state index contributed by atoms with van der Waals surface area (Å²) in [6.07, 6.45) is -4.50. The van der Waals surface area contributed by atoms with E-state index < -0.39 is 23.6 Å². The molecule has 0 bridgehead atoms. The minimum Gasteiger partial charge on any atom is -0.350 e. The highest BCUT2D eigenvalue weighted by molar-refractivity contribution is 6.36. The van der Waals surface area contributed by atoms with Crippen molar-refractivity contribution in [1.82, 2.24) is 4.90 Å². The summed E-state index contributed by atoms with van der Waals surface area (Å²) in [5.74, 6) is -1.09. The fourth-order valence-corrected chi connectivity index (χ4v) is 2.84. The zero-order valence-corrected chi connectivity index (χ0v) is 14.9. The molecule has 7 heteroatoms. The number of hydrogen-bond acceptors (Lipinski definition) is 3. The lowest BCUT2D eigenvalue weighted by Gasteiger charge is -2.12. The van der Waals surface area contributed by atoms with Crippen molar-refractivity contribution >= 4 is 23.1 Å². The number of aryl methyl sites for hydroxylation is 2. The quantitative estimate of drug-likeness (QED) is 0.822. The molecule has 0 saturated carbocycles. The van der Waals surface area contributed by atoms with Gasteiger partial charge in [0.05, 0.1) is 11.1 Å². The highest BCUT2D eigenvalue weighted by Crippen LogP contribution is 2.33. The molecule has 0 fully saturated rings. The molecule has 3 rings (SSSR count). The van der Waals surface area contributed by atoms with Gasteiger partial charge in [0.15, 0.2) is 0 Å². The molecule has 2 aromatic rings. The van der Waals surface area contributed by atoms with Gasteiger partial charge in [0.1, 0.15) is 5.70 Å². The smallest absolute Gasteiger partial charge is 0.350 e. The highest BCUT2D eigenvalue weighted by Gasteiger charge is 2.37. The van der Waals surface area contributed by atoms with Crippen molar-refractivity contribution in [2.75, 3.05) is 12.4 Å². The third kappa shape index (κ3) is 3.45. The van der Waals surface area contributed by atoms with E-state index in [1.807, 2.05) is 19.9 Å². The van der Waals surface area contributed by atoms with Gasteiger partial charge in [0, 0.05) is 12.7 Å². The van der Waals surface area contributed by atoms with Crippen LogP contribution in [0, 0.1) is 13.8 Å². The van der Waals surface area contributed by atoms with Gasteiger partial charge in [-0.3, -0.25) is 14.5 Å². The summed E-state index contributed by atoms with van der Waals surface area (Å²) in [4.78, 5) is 26.0. The van der Waals surface area contributed by atoms with Crippen LogP contribution in [0.1, 0.15) is 22.3 Å². The van der Waals surface area contributed by atoms with Crippen molar-refractivity contribution in [1.29, 1.82) is 0 Å². The normalized spacial score (nSPS) is 15.0. The van der Waals surface area contributed by atoms with E-state index in [1.165, 1.54) is 19.2 Å². The third-order valence-corrected chi connectivity index (χ3v) is 4.54. The van der Waals surface area contributed by atoms with Gasteiger partial charge in [-0.25, -0.2) is 0 Å². The van der Waals surface area contributed by atoms with Crippen LogP contribution in [-0.2, 0) is 15.8 Å². The Hall–Kier alpha value is -3.09. The first-order valence-electron chi connectivity index (χ1n) is 8.18. The van der Waals surface area contributed by atoms with E-state index in [4.69, 9.17) is 0 Å². The van der Waals surface area contributed by atoms with Crippen LogP contribution >= 0.6 is 0 Å². The summed E-state index contributed by atoms with van der Waals surface area (Å²) in [5, 5.41) is 2.71. The maximum atomic E-state index is 12.9. The molecule has 0 saturated heterocycles. The maximum absolute atomic E-state index is 12.9. The fourth-order valence-electron chi connectivity index (χ4n) is 2.84. The molecule has 1 heterocycles. The number of imide groups is 1. The van der Waals surface area contributed by atoms with Crippen molar-refractivity contribution in [3.05, 3.63) is 70.4 Å². The molecule has 0 spiro atoms. The number of carbonyl (C=O) groups is 2. The number of carbonyl (C=O) groups excluding carboxylic acids is 2. The standard InChI is InChI=1S/C20H17F3N2O2/c1-11-7-8-13(9-12(11)2)16-17(19(27)25(3)18(16)26)24-15-6-4-5-14(10-15)20(21,22)23/h4-10,24H,1-3H3. The summed E-state index contributed by atoms with van der Waals surface area (Å²) in [6.45, 7) is 3.80. The minimum absolute atomic E-state index is 0.0370. The second-order valence-corrected chi connectivity index (χ2v) is 6.42. The zero-order chi connectivity index (χ0) is 19.9. The number of alkyl halides is 3. The van der Waals surface area contributed by atoms with Crippen LogP contribution in [0.15, 0.2) is 48.2 Å². The Morgan fingerprint density at radius 1 is 0.926 bits per heavy atom. The number of anilines is 1. The lowest BCUT2D eigenvalue weighted by atomic mass is 9.99. The van der Waals surface area contributed by atoms with Gasteiger partial charge in [-0.15, -0.1) is 0 Å². The first kappa shape index (κ1) is 18.7. The number of hydrogen-bond donors (Lipinski definition) is 1. The molecule has 27 heavy (non-hydrogen) atoms. The Bertz CT molecular complexity index is 977. The van der Waals surface area contributed by atoms with Gasteiger partial charge in [-0.1, -0.05) is 24.3 Å². The summed E-state index contributed by atoms with van der Waals surface area (Å²) in [7, 11) is 1.34. The first-order chi connectivity index (χ1) is 12.6. The molecule has 1 aliphatic heterocycles. The topological polar surface area (TPSA) is 49.4 Å². The number of likely N-dealkylation sites (N-methyl/N-ethyl adjacent to an activating group) is 1. The van der Waals surface area contributed by atoms with Gasteiger partial charge >= 0.3 is 6.18 Å². The fraction of sp³-hybridized carbons (Fsp3) is 0.200. The van der Waals surface area contributed by atoms with Crippen molar-refractivity contribution < 1.29 is 22.8 Å². The average molecular weight is 374 g/mol. The Balaban J connectivity index is 2.09. The molecule has 0 aromatic heterocycles. The highest BCUT2D eigenvalue weighted by atomic mass is 19.4. The van der Waals surface area contributed by atoms with Crippen molar-refractivity contribution in [3.63, 3.8) is 0 Å². The van der Waals surface area contributed by atoms with Crippen molar-refractivity contribution in [2.45, 2.75) is 20.0 Å². The monoisotopic (exact) mass is 374 g/mol. The SMILES string of the molecule is Cc1ccc(C2=C(Nc3cccc(C(F)(F)F)c3)C(=O)N(C)C2=O)cc1C. The van der Waals surface area contributed by atoms with E-state index in [-0.39, 0.29) is 17.0 Å². The first-order valence-corrected chi connectivity index (χ1v) is 8.18. The number of nitrogens with zero attached hydrogens (tertiary/aromatic N) is 1. The number of amides is 2. The van der Waals surface area contributed by atoms with Crippen LogP contribution in [0.3, 0.4) is 0 Å². The van der Waals surface area contributed by atoms with E-state index >= 15 is 0 Å². The summed E-state index contributed by atoms with van der Waals surface area (Å²) >= 11 is 0. The largest absolute Gasteiger partial charge is 0.416 e. The average Bonchev–Trinajstić information content (AvgIpc) is 2.81. The molecule has 0 unspecified atom stereocenters. The third-order valence-electron chi connectivity index (χ3n) is 4.54. The maximum Gasteiger partial charge on any atom is 0.416 e. The van der Waals surface area contributed by atoms with Gasteiger partial charge in [0.2, 0.25) is 0 Å². The summed E-state index contributed by atoms with van der Waals surface area (Å²) in [6, 6.07) is 9.83. The molecule has 140 valence electrons. The van der Waals surface area contributed by atoms with E-state index in [9.17, 15) is 22.8 Å². The molecule has 4 nitrogen and oxygen atoms in total. The number of halogens is 3. The van der Waals surface area contributed by atoms with Crippen LogP contribution < -0.4 is 5.32 Å². The second kappa shape index (κ2) is 6.57. The molecule has 0 atom stereocenters. The van der Waals surface area contributed by atoms with E-state index in [1.54, 1.807) is 12.1 Å².